The van der Waals surface area contributed by atoms with Crippen molar-refractivity contribution in [3.8, 4) is 5.75 Å². The zero-order valence-electron chi connectivity index (χ0n) is 14.5. The van der Waals surface area contributed by atoms with Crippen LogP contribution in [0.2, 0.25) is 10.0 Å². The SMILES string of the molecule is C[C@@H](Oc1ccc(Cl)cc1Cl)c1nnc(SCC(=O)Nc2ccc(F)cc2)o1. The minimum atomic E-state index is -0.548. The molecule has 1 atom stereocenters. The molecule has 1 amide bonds. The van der Waals surface area contributed by atoms with Crippen LogP contribution in [0, 0.1) is 5.82 Å². The Bertz CT molecular complexity index is 969. The predicted octanol–water partition coefficient (Wildman–Crippen LogP) is 5.39. The molecule has 0 aliphatic carbocycles. The Kier molecular flexibility index (Phi) is 6.77. The summed E-state index contributed by atoms with van der Waals surface area (Å²) in [6.07, 6.45) is -0.548. The van der Waals surface area contributed by atoms with Crippen molar-refractivity contribution in [2.45, 2.75) is 18.3 Å². The minimum absolute atomic E-state index is 0.0528. The van der Waals surface area contributed by atoms with Crippen molar-refractivity contribution in [2.75, 3.05) is 11.1 Å². The third-order valence-corrected chi connectivity index (χ3v) is 4.77. The molecular weight excluding hydrogens is 428 g/mol. The highest BCUT2D eigenvalue weighted by Crippen LogP contribution is 2.31. The number of carbonyl (C=O) groups excluding carboxylic acids is 1. The molecule has 0 saturated heterocycles. The lowest BCUT2D eigenvalue weighted by molar-refractivity contribution is -0.113. The number of anilines is 1. The molecule has 146 valence electrons. The molecule has 0 saturated carbocycles. The van der Waals surface area contributed by atoms with Crippen molar-refractivity contribution >= 4 is 46.6 Å². The van der Waals surface area contributed by atoms with Gasteiger partial charge in [-0.15, -0.1) is 10.2 Å². The first kappa shape index (κ1) is 20.4. The molecule has 0 spiro atoms. The number of nitrogens with zero attached hydrogens (tertiary/aromatic N) is 2. The first-order chi connectivity index (χ1) is 13.4. The summed E-state index contributed by atoms with van der Waals surface area (Å²) in [4.78, 5) is 12.0. The van der Waals surface area contributed by atoms with E-state index in [0.29, 0.717) is 21.5 Å². The molecule has 1 N–H and O–H groups in total. The standard InChI is InChI=1S/C18H14Cl2FN3O3S/c1-10(26-15-7-2-11(19)8-14(15)20)17-23-24-18(27-17)28-9-16(25)22-13-5-3-12(21)4-6-13/h2-8,10H,9H2,1H3,(H,22,25)/t10-/m1/s1. The van der Waals surface area contributed by atoms with E-state index in [1.807, 2.05) is 0 Å². The number of hydrogen-bond acceptors (Lipinski definition) is 6. The molecule has 1 heterocycles. The van der Waals surface area contributed by atoms with Gasteiger partial charge in [-0.05, 0) is 49.4 Å². The molecule has 28 heavy (non-hydrogen) atoms. The normalized spacial score (nSPS) is 11.9. The highest BCUT2D eigenvalue weighted by atomic mass is 35.5. The minimum Gasteiger partial charge on any atom is -0.479 e. The van der Waals surface area contributed by atoms with E-state index in [0.717, 1.165) is 11.8 Å². The van der Waals surface area contributed by atoms with Crippen LogP contribution in [0.4, 0.5) is 10.1 Å². The number of benzene rings is 2. The van der Waals surface area contributed by atoms with E-state index < -0.39 is 6.10 Å². The summed E-state index contributed by atoms with van der Waals surface area (Å²) in [6.45, 7) is 1.73. The molecule has 6 nitrogen and oxygen atoms in total. The Morgan fingerprint density at radius 1 is 1.25 bits per heavy atom. The van der Waals surface area contributed by atoms with Crippen LogP contribution in [0.3, 0.4) is 0 Å². The van der Waals surface area contributed by atoms with Gasteiger partial charge in [0.25, 0.3) is 11.1 Å². The Morgan fingerprint density at radius 2 is 2.00 bits per heavy atom. The Hall–Kier alpha value is -2.29. The molecule has 0 aliphatic rings. The van der Waals surface area contributed by atoms with Crippen LogP contribution in [-0.4, -0.2) is 21.9 Å². The summed E-state index contributed by atoms with van der Waals surface area (Å²) in [5.74, 6) is 0.0739. The van der Waals surface area contributed by atoms with E-state index >= 15 is 0 Å². The Balaban J connectivity index is 1.53. The van der Waals surface area contributed by atoms with Crippen LogP contribution in [-0.2, 0) is 4.79 Å². The van der Waals surface area contributed by atoms with E-state index in [9.17, 15) is 9.18 Å². The zero-order chi connectivity index (χ0) is 20.1. The molecular formula is C18H14Cl2FN3O3S. The number of carbonyl (C=O) groups is 1. The van der Waals surface area contributed by atoms with Crippen LogP contribution in [0.15, 0.2) is 52.1 Å². The van der Waals surface area contributed by atoms with Crippen LogP contribution >= 0.6 is 35.0 Å². The van der Waals surface area contributed by atoms with Crippen molar-refractivity contribution in [1.29, 1.82) is 0 Å². The number of halogens is 3. The number of nitrogens with one attached hydrogen (secondary N) is 1. The van der Waals surface area contributed by atoms with Crippen molar-refractivity contribution in [3.63, 3.8) is 0 Å². The van der Waals surface area contributed by atoms with Crippen LogP contribution in [0.25, 0.3) is 0 Å². The molecule has 0 radical (unpaired) electrons. The third-order valence-electron chi connectivity index (χ3n) is 3.42. The zero-order valence-corrected chi connectivity index (χ0v) is 16.8. The second-order valence-electron chi connectivity index (χ2n) is 5.58. The maximum Gasteiger partial charge on any atom is 0.277 e. The van der Waals surface area contributed by atoms with Gasteiger partial charge in [-0.25, -0.2) is 4.39 Å². The van der Waals surface area contributed by atoms with E-state index in [-0.39, 0.29) is 28.6 Å². The van der Waals surface area contributed by atoms with E-state index in [2.05, 4.69) is 15.5 Å². The van der Waals surface area contributed by atoms with E-state index in [1.165, 1.54) is 24.3 Å². The van der Waals surface area contributed by atoms with Crippen LogP contribution in [0.5, 0.6) is 5.75 Å². The molecule has 3 aromatic rings. The average molecular weight is 442 g/mol. The number of rotatable bonds is 7. The predicted molar refractivity (Wildman–Crippen MR) is 106 cm³/mol. The maximum absolute atomic E-state index is 12.9. The molecule has 0 bridgehead atoms. The van der Waals surface area contributed by atoms with Gasteiger partial charge in [0.05, 0.1) is 10.8 Å². The second-order valence-corrected chi connectivity index (χ2v) is 7.36. The lowest BCUT2D eigenvalue weighted by Gasteiger charge is -2.12. The quantitative estimate of drug-likeness (QED) is 0.495. The van der Waals surface area contributed by atoms with Crippen molar-refractivity contribution in [1.82, 2.24) is 10.2 Å². The molecule has 0 aliphatic heterocycles. The Morgan fingerprint density at radius 3 is 2.71 bits per heavy atom. The lowest BCUT2D eigenvalue weighted by atomic mass is 10.3. The molecule has 0 unspecified atom stereocenters. The van der Waals surface area contributed by atoms with Gasteiger partial charge in [-0.1, -0.05) is 35.0 Å². The van der Waals surface area contributed by atoms with Crippen molar-refractivity contribution < 1.29 is 18.3 Å². The first-order valence-electron chi connectivity index (χ1n) is 8.04. The van der Waals surface area contributed by atoms with Gasteiger partial charge in [0.1, 0.15) is 11.6 Å². The highest BCUT2D eigenvalue weighted by Gasteiger charge is 2.18. The molecule has 0 fully saturated rings. The number of hydrogen-bond donors (Lipinski definition) is 1. The van der Waals surface area contributed by atoms with Gasteiger partial charge in [0, 0.05) is 10.7 Å². The van der Waals surface area contributed by atoms with Crippen molar-refractivity contribution in [3.05, 3.63) is 64.2 Å². The van der Waals surface area contributed by atoms with Gasteiger partial charge in [-0.2, -0.15) is 0 Å². The molecule has 1 aromatic heterocycles. The smallest absolute Gasteiger partial charge is 0.277 e. The fraction of sp³-hybridized carbons (Fsp3) is 0.167. The largest absolute Gasteiger partial charge is 0.479 e. The number of thioether (sulfide) groups is 1. The summed E-state index contributed by atoms with van der Waals surface area (Å²) in [5, 5.41) is 11.6. The first-order valence-corrected chi connectivity index (χ1v) is 9.78. The van der Waals surface area contributed by atoms with Gasteiger partial charge in [0.2, 0.25) is 5.91 Å². The van der Waals surface area contributed by atoms with Crippen LogP contribution in [0.1, 0.15) is 18.9 Å². The van der Waals surface area contributed by atoms with Gasteiger partial charge in [0.15, 0.2) is 6.10 Å². The molecule has 2 aromatic carbocycles. The van der Waals surface area contributed by atoms with E-state index in [4.69, 9.17) is 32.4 Å². The fourth-order valence-electron chi connectivity index (χ4n) is 2.11. The summed E-state index contributed by atoms with van der Waals surface area (Å²) in [6, 6.07) is 10.4. The van der Waals surface area contributed by atoms with Gasteiger partial charge >= 0.3 is 0 Å². The lowest BCUT2D eigenvalue weighted by Crippen LogP contribution is -2.13. The monoisotopic (exact) mass is 441 g/mol. The summed E-state index contributed by atoms with van der Waals surface area (Å²) in [5.41, 5.74) is 0.500. The highest BCUT2D eigenvalue weighted by molar-refractivity contribution is 7.99. The number of aromatic nitrogens is 2. The topological polar surface area (TPSA) is 77.2 Å². The summed E-state index contributed by atoms with van der Waals surface area (Å²) < 4.78 is 24.1. The molecule has 3 rings (SSSR count). The Labute approximate surface area is 174 Å². The summed E-state index contributed by atoms with van der Waals surface area (Å²) >= 11 is 13.0. The van der Waals surface area contributed by atoms with Crippen molar-refractivity contribution in [2.24, 2.45) is 0 Å². The average Bonchev–Trinajstić information content (AvgIpc) is 3.13. The van der Waals surface area contributed by atoms with Gasteiger partial charge < -0.3 is 14.5 Å². The third kappa shape index (κ3) is 5.60. The summed E-state index contributed by atoms with van der Waals surface area (Å²) in [7, 11) is 0. The molecule has 10 heteroatoms. The number of amides is 1. The van der Waals surface area contributed by atoms with E-state index in [1.54, 1.807) is 25.1 Å². The number of ether oxygens (including phenoxy) is 1. The van der Waals surface area contributed by atoms with Crippen LogP contribution < -0.4 is 10.1 Å². The van der Waals surface area contributed by atoms with Gasteiger partial charge in [-0.3, -0.25) is 4.79 Å². The second kappa shape index (κ2) is 9.27. The fourth-order valence-corrected chi connectivity index (χ4v) is 3.13. The maximum atomic E-state index is 12.9.